The zero-order valence-corrected chi connectivity index (χ0v) is 16.9. The second-order valence-corrected chi connectivity index (χ2v) is 10.4. The van der Waals surface area contributed by atoms with Crippen LogP contribution in [0.4, 0.5) is 14.5 Å². The van der Waals surface area contributed by atoms with Crippen LogP contribution in [-0.4, -0.2) is 42.3 Å². The van der Waals surface area contributed by atoms with Crippen molar-refractivity contribution in [3.8, 4) is 0 Å². The largest absolute Gasteiger partial charge is 0.313 e. The first-order valence-corrected chi connectivity index (χ1v) is 11.8. The molecule has 0 aromatic heterocycles. The van der Waals surface area contributed by atoms with Crippen LogP contribution < -0.4 is 4.90 Å². The van der Waals surface area contributed by atoms with Gasteiger partial charge in [0.1, 0.15) is 11.6 Å². The molecule has 0 bridgehead atoms. The average Bonchev–Trinajstić information content (AvgIpc) is 3.12. The highest BCUT2D eigenvalue weighted by molar-refractivity contribution is 8.16. The maximum Gasteiger partial charge on any atom is 0.248 e. The topological polar surface area (TPSA) is 66.8 Å². The summed E-state index contributed by atoms with van der Waals surface area (Å²) in [5.41, 5.74) is 1.03. The van der Waals surface area contributed by atoms with Crippen LogP contribution in [0, 0.1) is 11.6 Å². The first kappa shape index (κ1) is 20.0. The number of aliphatic imine (C=N–C) groups is 1. The third-order valence-corrected chi connectivity index (χ3v) is 8.14. The smallest absolute Gasteiger partial charge is 0.248 e. The van der Waals surface area contributed by atoms with Crippen LogP contribution in [0.25, 0.3) is 0 Å². The lowest BCUT2D eigenvalue weighted by Crippen LogP contribution is -2.38. The van der Waals surface area contributed by atoms with Gasteiger partial charge in [0.25, 0.3) is 0 Å². The van der Waals surface area contributed by atoms with E-state index in [4.69, 9.17) is 0 Å². The van der Waals surface area contributed by atoms with Gasteiger partial charge in [0.15, 0.2) is 15.0 Å². The summed E-state index contributed by atoms with van der Waals surface area (Å²) < 4.78 is 51.9. The monoisotopic (exact) mass is 436 g/mol. The molecule has 2 heterocycles. The van der Waals surface area contributed by atoms with Gasteiger partial charge in [-0.15, -0.1) is 0 Å². The van der Waals surface area contributed by atoms with E-state index in [9.17, 15) is 22.0 Å². The maximum atomic E-state index is 14.5. The molecule has 0 N–H and O–H groups in total. The summed E-state index contributed by atoms with van der Waals surface area (Å²) >= 11 is 1.16. The summed E-state index contributed by atoms with van der Waals surface area (Å²) in [7, 11) is -3.26. The number of rotatable bonds is 4. The van der Waals surface area contributed by atoms with Gasteiger partial charge in [-0.3, -0.25) is 4.79 Å². The Hall–Kier alpha value is -2.26. The van der Waals surface area contributed by atoms with Gasteiger partial charge >= 0.3 is 0 Å². The van der Waals surface area contributed by atoms with Crippen LogP contribution in [0.2, 0.25) is 0 Å². The minimum absolute atomic E-state index is 0.0260. The third kappa shape index (κ3) is 4.35. The number of carbonyl (C=O) groups excluding carboxylic acids is 1. The van der Waals surface area contributed by atoms with E-state index in [2.05, 4.69) is 4.99 Å². The van der Waals surface area contributed by atoms with E-state index >= 15 is 0 Å². The van der Waals surface area contributed by atoms with Crippen molar-refractivity contribution in [2.45, 2.75) is 24.1 Å². The molecule has 2 unspecified atom stereocenters. The number of thioether (sulfide) groups is 1. The van der Waals surface area contributed by atoms with E-state index in [-0.39, 0.29) is 39.9 Å². The van der Waals surface area contributed by atoms with Crippen molar-refractivity contribution in [2.24, 2.45) is 4.99 Å². The molecule has 0 radical (unpaired) electrons. The van der Waals surface area contributed by atoms with E-state index in [0.29, 0.717) is 6.42 Å². The predicted molar refractivity (Wildman–Crippen MR) is 110 cm³/mol. The molecule has 29 heavy (non-hydrogen) atoms. The van der Waals surface area contributed by atoms with Crippen molar-refractivity contribution < 1.29 is 22.0 Å². The number of fused-ring (bicyclic) bond motifs is 1. The number of halogens is 2. The predicted octanol–water partition coefficient (Wildman–Crippen LogP) is 3.20. The number of hydrogen-bond donors (Lipinski definition) is 0. The molecule has 4 rings (SSSR count). The Morgan fingerprint density at radius 3 is 2.62 bits per heavy atom. The molecule has 2 aromatic rings. The van der Waals surface area contributed by atoms with Crippen LogP contribution in [0.15, 0.2) is 53.5 Å². The minimum atomic E-state index is -3.26. The Kier molecular flexibility index (Phi) is 5.44. The molecule has 0 aliphatic carbocycles. The lowest BCUT2D eigenvalue weighted by Gasteiger charge is -2.24. The Bertz CT molecular complexity index is 1070. The van der Waals surface area contributed by atoms with Crippen molar-refractivity contribution in [3.63, 3.8) is 0 Å². The molecule has 0 spiro atoms. The number of hydrogen-bond acceptors (Lipinski definition) is 4. The molecule has 9 heteroatoms. The summed E-state index contributed by atoms with van der Waals surface area (Å²) in [6.45, 7) is 0. The standard InChI is InChI=1S/C20H18F2N2O3S2/c21-14-7-8-16(15(22)10-14)24-17-11-29(26,27)12-18(17)28-20(24)23-19(25)9-6-13-4-2-1-3-5-13/h1-5,7-8,10,17-18H,6,9,11-12H2. The van der Waals surface area contributed by atoms with Gasteiger partial charge in [0.05, 0.1) is 23.2 Å². The van der Waals surface area contributed by atoms with Gasteiger partial charge in [-0.2, -0.15) is 4.99 Å². The maximum absolute atomic E-state index is 14.5. The van der Waals surface area contributed by atoms with E-state index in [1.807, 2.05) is 30.3 Å². The molecule has 2 atom stereocenters. The number of anilines is 1. The molecule has 152 valence electrons. The van der Waals surface area contributed by atoms with Gasteiger partial charge in [0.2, 0.25) is 5.91 Å². The number of aryl methyl sites for hydroxylation is 1. The van der Waals surface area contributed by atoms with Gasteiger partial charge in [-0.25, -0.2) is 17.2 Å². The zero-order chi connectivity index (χ0) is 20.6. The van der Waals surface area contributed by atoms with Gasteiger partial charge in [-0.1, -0.05) is 42.1 Å². The summed E-state index contributed by atoms with van der Waals surface area (Å²) in [5, 5.41) is -0.0800. The molecule has 1 amide bonds. The van der Waals surface area contributed by atoms with E-state index in [1.165, 1.54) is 11.0 Å². The number of carbonyl (C=O) groups is 1. The fraction of sp³-hybridized carbons (Fsp3) is 0.300. The summed E-state index contributed by atoms with van der Waals surface area (Å²) in [5.74, 6) is -2.13. The van der Waals surface area contributed by atoms with Gasteiger partial charge in [-0.05, 0) is 24.1 Å². The summed E-state index contributed by atoms with van der Waals surface area (Å²) in [4.78, 5) is 18.0. The normalized spacial score (nSPS) is 24.1. The fourth-order valence-electron chi connectivity index (χ4n) is 3.58. The number of sulfone groups is 1. The second kappa shape index (κ2) is 7.87. The van der Waals surface area contributed by atoms with Crippen LogP contribution in [0.1, 0.15) is 12.0 Å². The number of amides is 1. The number of amidine groups is 1. The SMILES string of the molecule is O=C(CCc1ccccc1)N=C1SC2CS(=O)(=O)CC2N1c1ccc(F)cc1F. The lowest BCUT2D eigenvalue weighted by molar-refractivity contribution is -0.117. The van der Waals surface area contributed by atoms with Crippen molar-refractivity contribution >= 4 is 38.4 Å². The van der Waals surface area contributed by atoms with Crippen molar-refractivity contribution in [2.75, 3.05) is 16.4 Å². The zero-order valence-electron chi connectivity index (χ0n) is 15.3. The first-order valence-electron chi connectivity index (χ1n) is 9.09. The quantitative estimate of drug-likeness (QED) is 0.737. The fourth-order valence-corrected chi connectivity index (χ4v) is 7.51. The van der Waals surface area contributed by atoms with Crippen LogP contribution >= 0.6 is 11.8 Å². The Balaban J connectivity index is 1.60. The summed E-state index contributed by atoms with van der Waals surface area (Å²) in [6, 6.07) is 12.1. The van der Waals surface area contributed by atoms with Crippen molar-refractivity contribution in [3.05, 3.63) is 65.7 Å². The number of benzene rings is 2. The molecular weight excluding hydrogens is 418 g/mol. The van der Waals surface area contributed by atoms with Crippen molar-refractivity contribution in [1.29, 1.82) is 0 Å². The first-order chi connectivity index (χ1) is 13.8. The Morgan fingerprint density at radius 1 is 1.14 bits per heavy atom. The summed E-state index contributed by atoms with van der Waals surface area (Å²) in [6.07, 6.45) is 0.703. The molecule has 2 aliphatic rings. The second-order valence-electron chi connectivity index (χ2n) is 7.04. The Labute approximate surface area is 171 Å². The van der Waals surface area contributed by atoms with Crippen LogP contribution in [-0.2, 0) is 21.1 Å². The highest BCUT2D eigenvalue weighted by atomic mass is 32.2. The van der Waals surface area contributed by atoms with E-state index < -0.39 is 27.5 Å². The molecule has 2 saturated heterocycles. The highest BCUT2D eigenvalue weighted by Crippen LogP contribution is 2.41. The number of nitrogens with zero attached hydrogens (tertiary/aromatic N) is 2. The molecule has 2 aliphatic heterocycles. The molecule has 2 fully saturated rings. The highest BCUT2D eigenvalue weighted by Gasteiger charge is 2.50. The minimum Gasteiger partial charge on any atom is -0.313 e. The molecule has 5 nitrogen and oxygen atoms in total. The van der Waals surface area contributed by atoms with Crippen molar-refractivity contribution in [1.82, 2.24) is 0 Å². The van der Waals surface area contributed by atoms with Gasteiger partial charge < -0.3 is 4.90 Å². The van der Waals surface area contributed by atoms with Crippen LogP contribution in [0.3, 0.4) is 0 Å². The molecule has 2 aromatic carbocycles. The lowest BCUT2D eigenvalue weighted by atomic mass is 10.1. The molecule has 0 saturated carbocycles. The third-order valence-electron chi connectivity index (χ3n) is 4.93. The van der Waals surface area contributed by atoms with Gasteiger partial charge in [0, 0.05) is 17.7 Å². The Morgan fingerprint density at radius 2 is 1.90 bits per heavy atom. The van der Waals surface area contributed by atoms with E-state index in [1.54, 1.807) is 0 Å². The average molecular weight is 437 g/mol. The van der Waals surface area contributed by atoms with Crippen LogP contribution in [0.5, 0.6) is 0 Å². The molecular formula is C20H18F2N2O3S2. The van der Waals surface area contributed by atoms with E-state index in [0.717, 1.165) is 29.5 Å².